The minimum absolute atomic E-state index is 0.152. The van der Waals surface area contributed by atoms with Gasteiger partial charge in [0.15, 0.2) is 0 Å². The van der Waals surface area contributed by atoms with Crippen LogP contribution in [0.4, 0.5) is 0 Å². The quantitative estimate of drug-likeness (QED) is 0.846. The van der Waals surface area contributed by atoms with Crippen LogP contribution in [0.15, 0.2) is 33.6 Å². The fourth-order valence-corrected chi connectivity index (χ4v) is 4.26. The third-order valence-corrected chi connectivity index (χ3v) is 5.88. The van der Waals surface area contributed by atoms with Gasteiger partial charge in [0.05, 0.1) is 11.5 Å². The van der Waals surface area contributed by atoms with Crippen LogP contribution in [0.1, 0.15) is 32.1 Å². The van der Waals surface area contributed by atoms with Gasteiger partial charge in [-0.15, -0.1) is 0 Å². The lowest BCUT2D eigenvalue weighted by molar-refractivity contribution is 0.187. The number of aliphatic hydroxyl groups excluding tert-OH is 1. The molecule has 1 saturated carbocycles. The zero-order valence-corrected chi connectivity index (χ0v) is 13.7. The van der Waals surface area contributed by atoms with E-state index in [0.717, 1.165) is 30.2 Å². The summed E-state index contributed by atoms with van der Waals surface area (Å²) in [6.07, 6.45) is 5.39. The molecule has 0 aliphatic heterocycles. The van der Waals surface area contributed by atoms with Gasteiger partial charge in [-0.25, -0.2) is 13.1 Å². The minimum atomic E-state index is -3.57. The standard InChI is InChI=1S/C14H20BrNO3S/c15-12-6-8-13(9-7-12)20(18,19)16-14(10-17)11-4-2-1-3-5-11/h6-9,11,14,16-17H,1-5,10H2/t14-/m1/s1. The van der Waals surface area contributed by atoms with E-state index in [1.54, 1.807) is 24.3 Å². The zero-order valence-electron chi connectivity index (χ0n) is 11.3. The summed E-state index contributed by atoms with van der Waals surface area (Å²) >= 11 is 3.28. The monoisotopic (exact) mass is 361 g/mol. The van der Waals surface area contributed by atoms with Crippen LogP contribution < -0.4 is 4.72 Å². The summed E-state index contributed by atoms with van der Waals surface area (Å²) in [5.74, 6) is 0.235. The highest BCUT2D eigenvalue weighted by Gasteiger charge is 2.27. The third kappa shape index (κ3) is 4.04. The number of aliphatic hydroxyl groups is 1. The molecule has 0 radical (unpaired) electrons. The Morgan fingerprint density at radius 3 is 2.35 bits per heavy atom. The number of hydrogen-bond acceptors (Lipinski definition) is 3. The van der Waals surface area contributed by atoms with Crippen molar-refractivity contribution in [1.29, 1.82) is 0 Å². The van der Waals surface area contributed by atoms with Crippen LogP contribution in [-0.2, 0) is 10.0 Å². The molecule has 0 bridgehead atoms. The van der Waals surface area contributed by atoms with Gasteiger partial charge in [0.1, 0.15) is 0 Å². The van der Waals surface area contributed by atoms with Crippen molar-refractivity contribution < 1.29 is 13.5 Å². The SMILES string of the molecule is O=S(=O)(N[C@H](CO)C1CCCCC1)c1ccc(Br)cc1. The van der Waals surface area contributed by atoms with E-state index in [1.807, 2.05) is 0 Å². The zero-order chi connectivity index (χ0) is 14.6. The molecule has 0 aromatic heterocycles. The topological polar surface area (TPSA) is 66.4 Å². The first-order valence-corrected chi connectivity index (χ1v) is 9.19. The number of hydrogen-bond donors (Lipinski definition) is 2. The molecule has 6 heteroatoms. The van der Waals surface area contributed by atoms with E-state index in [4.69, 9.17) is 0 Å². The van der Waals surface area contributed by atoms with E-state index >= 15 is 0 Å². The summed E-state index contributed by atoms with van der Waals surface area (Å²) in [5, 5.41) is 9.50. The molecule has 1 aliphatic rings. The number of halogens is 1. The molecule has 1 aromatic carbocycles. The van der Waals surface area contributed by atoms with Gasteiger partial charge in [-0.3, -0.25) is 0 Å². The summed E-state index contributed by atoms with van der Waals surface area (Å²) in [5.41, 5.74) is 0. The van der Waals surface area contributed by atoms with Crippen molar-refractivity contribution in [3.05, 3.63) is 28.7 Å². The summed E-state index contributed by atoms with van der Waals surface area (Å²) in [6.45, 7) is -0.152. The fraction of sp³-hybridized carbons (Fsp3) is 0.571. The maximum atomic E-state index is 12.3. The Morgan fingerprint density at radius 2 is 1.80 bits per heavy atom. The molecule has 1 aromatic rings. The van der Waals surface area contributed by atoms with Gasteiger partial charge in [0.2, 0.25) is 10.0 Å². The number of sulfonamides is 1. The molecule has 2 rings (SSSR count). The smallest absolute Gasteiger partial charge is 0.240 e. The van der Waals surface area contributed by atoms with Crippen LogP contribution in [0.5, 0.6) is 0 Å². The molecule has 4 nitrogen and oxygen atoms in total. The molecule has 112 valence electrons. The first kappa shape index (κ1) is 15.9. The normalized spacial score (nSPS) is 18.9. The van der Waals surface area contributed by atoms with Crippen molar-refractivity contribution in [3.63, 3.8) is 0 Å². The third-order valence-electron chi connectivity index (χ3n) is 3.85. The first-order valence-electron chi connectivity index (χ1n) is 6.91. The fourth-order valence-electron chi connectivity index (χ4n) is 2.70. The van der Waals surface area contributed by atoms with Gasteiger partial charge in [0.25, 0.3) is 0 Å². The van der Waals surface area contributed by atoms with Crippen molar-refractivity contribution in [1.82, 2.24) is 4.72 Å². The van der Waals surface area contributed by atoms with Crippen LogP contribution in [0.2, 0.25) is 0 Å². The highest BCUT2D eigenvalue weighted by Crippen LogP contribution is 2.27. The van der Waals surface area contributed by atoms with Gasteiger partial charge in [-0.2, -0.15) is 0 Å². The molecule has 1 fully saturated rings. The Hall–Kier alpha value is -0.430. The molecule has 0 unspecified atom stereocenters. The van der Waals surface area contributed by atoms with E-state index in [1.165, 1.54) is 6.42 Å². The Bertz CT molecular complexity index is 524. The lowest BCUT2D eigenvalue weighted by atomic mass is 9.84. The molecular formula is C14H20BrNO3S. The van der Waals surface area contributed by atoms with Crippen LogP contribution in [0.25, 0.3) is 0 Å². The molecule has 0 amide bonds. The largest absolute Gasteiger partial charge is 0.395 e. The van der Waals surface area contributed by atoms with Gasteiger partial charge in [-0.05, 0) is 43.0 Å². The van der Waals surface area contributed by atoms with Gasteiger partial charge >= 0.3 is 0 Å². The second-order valence-electron chi connectivity index (χ2n) is 5.26. The Morgan fingerprint density at radius 1 is 1.20 bits per heavy atom. The molecule has 0 heterocycles. The summed E-state index contributed by atoms with van der Waals surface area (Å²) in [4.78, 5) is 0.231. The Balaban J connectivity index is 2.10. The van der Waals surface area contributed by atoms with Crippen LogP contribution in [0.3, 0.4) is 0 Å². The van der Waals surface area contributed by atoms with Crippen molar-refractivity contribution in [2.24, 2.45) is 5.92 Å². The van der Waals surface area contributed by atoms with Gasteiger partial charge < -0.3 is 5.11 Å². The minimum Gasteiger partial charge on any atom is -0.395 e. The predicted octanol–water partition coefficient (Wildman–Crippen LogP) is 2.67. The molecule has 1 aliphatic carbocycles. The highest BCUT2D eigenvalue weighted by atomic mass is 79.9. The molecule has 1 atom stereocenters. The highest BCUT2D eigenvalue weighted by molar-refractivity contribution is 9.10. The molecule has 2 N–H and O–H groups in total. The number of benzene rings is 1. The Kier molecular flexibility index (Phi) is 5.60. The Labute approximate surface area is 128 Å². The maximum Gasteiger partial charge on any atom is 0.240 e. The average Bonchev–Trinajstić information content (AvgIpc) is 2.46. The lowest BCUT2D eigenvalue weighted by Crippen LogP contribution is -2.43. The second-order valence-corrected chi connectivity index (χ2v) is 7.89. The summed E-state index contributed by atoms with van der Waals surface area (Å²) < 4.78 is 28.1. The van der Waals surface area contributed by atoms with Crippen molar-refractivity contribution in [2.45, 2.75) is 43.0 Å². The summed E-state index contributed by atoms with van der Waals surface area (Å²) in [7, 11) is -3.57. The molecule has 0 saturated heterocycles. The van der Waals surface area contributed by atoms with E-state index in [9.17, 15) is 13.5 Å². The van der Waals surface area contributed by atoms with E-state index in [-0.39, 0.29) is 23.5 Å². The molecular weight excluding hydrogens is 342 g/mol. The lowest BCUT2D eigenvalue weighted by Gasteiger charge is -2.29. The predicted molar refractivity (Wildman–Crippen MR) is 81.9 cm³/mol. The average molecular weight is 362 g/mol. The maximum absolute atomic E-state index is 12.3. The van der Waals surface area contributed by atoms with Crippen LogP contribution >= 0.6 is 15.9 Å². The van der Waals surface area contributed by atoms with Gasteiger partial charge in [-0.1, -0.05) is 35.2 Å². The number of nitrogens with one attached hydrogen (secondary N) is 1. The molecule has 20 heavy (non-hydrogen) atoms. The van der Waals surface area contributed by atoms with E-state index in [0.29, 0.717) is 0 Å². The van der Waals surface area contributed by atoms with Crippen molar-refractivity contribution >= 4 is 26.0 Å². The van der Waals surface area contributed by atoms with E-state index < -0.39 is 10.0 Å². The van der Waals surface area contributed by atoms with Gasteiger partial charge in [0, 0.05) is 10.5 Å². The van der Waals surface area contributed by atoms with Crippen molar-refractivity contribution in [2.75, 3.05) is 6.61 Å². The van der Waals surface area contributed by atoms with Crippen LogP contribution in [0, 0.1) is 5.92 Å². The number of rotatable bonds is 5. The molecule has 0 spiro atoms. The summed E-state index contributed by atoms with van der Waals surface area (Å²) in [6, 6.07) is 6.12. The first-order chi connectivity index (χ1) is 9.53. The van der Waals surface area contributed by atoms with E-state index in [2.05, 4.69) is 20.7 Å². The second kappa shape index (κ2) is 7.02. The van der Waals surface area contributed by atoms with Crippen LogP contribution in [-0.4, -0.2) is 26.2 Å². The van der Waals surface area contributed by atoms with Crippen molar-refractivity contribution in [3.8, 4) is 0 Å².